The zero-order valence-electron chi connectivity index (χ0n) is 9.78. The van der Waals surface area contributed by atoms with Crippen molar-refractivity contribution >= 4 is 5.91 Å². The van der Waals surface area contributed by atoms with Crippen LogP contribution in [0.4, 0.5) is 0 Å². The number of rotatable bonds is 4. The van der Waals surface area contributed by atoms with Crippen molar-refractivity contribution in [3.05, 3.63) is 36.8 Å². The summed E-state index contributed by atoms with van der Waals surface area (Å²) in [6.07, 6.45) is 4.54. The van der Waals surface area contributed by atoms with E-state index in [-0.39, 0.29) is 11.9 Å². The lowest BCUT2D eigenvalue weighted by Gasteiger charge is -2.20. The summed E-state index contributed by atoms with van der Waals surface area (Å²) in [7, 11) is 1.73. The molecule has 0 saturated carbocycles. The fraction of sp³-hybridized carbons (Fsp3) is 0.364. The highest BCUT2D eigenvalue weighted by Gasteiger charge is 2.20. The van der Waals surface area contributed by atoms with Gasteiger partial charge in [0.05, 0.1) is 12.8 Å². The van der Waals surface area contributed by atoms with Gasteiger partial charge in [-0.1, -0.05) is 0 Å². The zero-order chi connectivity index (χ0) is 12.3. The maximum atomic E-state index is 12.1. The molecule has 6 heteroatoms. The first-order valence-electron chi connectivity index (χ1n) is 5.30. The van der Waals surface area contributed by atoms with Gasteiger partial charge in [-0.25, -0.2) is 9.67 Å². The molecule has 1 atom stereocenters. The van der Waals surface area contributed by atoms with Gasteiger partial charge in [-0.15, -0.1) is 0 Å². The summed E-state index contributed by atoms with van der Waals surface area (Å²) in [5.41, 5.74) is 0. The van der Waals surface area contributed by atoms with Crippen molar-refractivity contribution in [3.8, 4) is 0 Å². The Bertz CT molecular complexity index is 464. The second-order valence-corrected chi connectivity index (χ2v) is 3.83. The van der Waals surface area contributed by atoms with Gasteiger partial charge in [0.2, 0.25) is 5.91 Å². The third-order valence-corrected chi connectivity index (χ3v) is 2.54. The van der Waals surface area contributed by atoms with E-state index in [2.05, 4.69) is 10.1 Å². The molecule has 2 aromatic heterocycles. The highest BCUT2D eigenvalue weighted by Crippen LogP contribution is 2.10. The summed E-state index contributed by atoms with van der Waals surface area (Å²) in [4.78, 5) is 17.5. The van der Waals surface area contributed by atoms with Crippen LogP contribution in [0.15, 0.2) is 35.5 Å². The van der Waals surface area contributed by atoms with E-state index in [0.29, 0.717) is 6.54 Å². The van der Waals surface area contributed by atoms with Gasteiger partial charge in [-0.3, -0.25) is 4.79 Å². The maximum absolute atomic E-state index is 12.1. The summed E-state index contributed by atoms with van der Waals surface area (Å²) in [5.74, 6) is 0.721. The van der Waals surface area contributed by atoms with Gasteiger partial charge in [0, 0.05) is 7.05 Å². The van der Waals surface area contributed by atoms with Gasteiger partial charge in [0.25, 0.3) is 0 Å². The summed E-state index contributed by atoms with van der Waals surface area (Å²) in [5, 5.41) is 3.95. The van der Waals surface area contributed by atoms with E-state index in [1.165, 1.54) is 17.3 Å². The van der Waals surface area contributed by atoms with E-state index < -0.39 is 0 Å². The average molecular weight is 234 g/mol. The molecule has 1 amide bonds. The first-order chi connectivity index (χ1) is 8.18. The monoisotopic (exact) mass is 234 g/mol. The molecular formula is C11H14N4O2. The molecule has 2 heterocycles. The number of carbonyl (C=O) groups is 1. The maximum Gasteiger partial charge on any atom is 0.247 e. The topological polar surface area (TPSA) is 64.2 Å². The normalized spacial score (nSPS) is 12.4. The first-order valence-corrected chi connectivity index (χ1v) is 5.30. The second-order valence-electron chi connectivity index (χ2n) is 3.83. The quantitative estimate of drug-likeness (QED) is 0.794. The number of hydrogen-bond acceptors (Lipinski definition) is 4. The Morgan fingerprint density at radius 1 is 1.65 bits per heavy atom. The molecule has 0 fully saturated rings. The number of likely N-dealkylation sites (N-methyl/N-ethyl adjacent to an activating group) is 1. The van der Waals surface area contributed by atoms with E-state index in [1.54, 1.807) is 31.2 Å². The van der Waals surface area contributed by atoms with Crippen molar-refractivity contribution in [2.45, 2.75) is 19.5 Å². The average Bonchev–Trinajstić information content (AvgIpc) is 2.99. The van der Waals surface area contributed by atoms with Gasteiger partial charge < -0.3 is 9.32 Å². The van der Waals surface area contributed by atoms with E-state index >= 15 is 0 Å². The van der Waals surface area contributed by atoms with Crippen molar-refractivity contribution in [2.24, 2.45) is 0 Å². The lowest BCUT2D eigenvalue weighted by atomic mass is 10.3. The lowest BCUT2D eigenvalue weighted by Crippen LogP contribution is -2.32. The zero-order valence-corrected chi connectivity index (χ0v) is 9.78. The van der Waals surface area contributed by atoms with Gasteiger partial charge >= 0.3 is 0 Å². The molecular weight excluding hydrogens is 220 g/mol. The van der Waals surface area contributed by atoms with E-state index in [9.17, 15) is 4.79 Å². The molecule has 0 saturated heterocycles. The number of aromatic nitrogens is 3. The Hall–Kier alpha value is -2.11. The van der Waals surface area contributed by atoms with Crippen molar-refractivity contribution < 1.29 is 9.21 Å². The number of furan rings is 1. The first kappa shape index (κ1) is 11.4. The summed E-state index contributed by atoms with van der Waals surface area (Å²) in [6.45, 7) is 2.24. The SMILES string of the molecule is C[C@@H](C(=O)N(C)Cc1ccco1)n1cncn1. The molecule has 0 aromatic carbocycles. The molecule has 0 unspecified atom stereocenters. The number of amides is 1. The van der Waals surface area contributed by atoms with Crippen molar-refractivity contribution in [1.82, 2.24) is 19.7 Å². The van der Waals surface area contributed by atoms with Crippen LogP contribution in [-0.2, 0) is 11.3 Å². The largest absolute Gasteiger partial charge is 0.467 e. The van der Waals surface area contributed by atoms with Crippen LogP contribution in [0.25, 0.3) is 0 Å². The van der Waals surface area contributed by atoms with E-state index in [4.69, 9.17) is 4.42 Å². The minimum atomic E-state index is -0.363. The molecule has 0 aliphatic rings. The summed E-state index contributed by atoms with van der Waals surface area (Å²) in [6, 6.07) is 3.27. The number of hydrogen-bond donors (Lipinski definition) is 0. The standard InChI is InChI=1S/C11H14N4O2/c1-9(15-8-12-7-13-15)11(16)14(2)6-10-4-3-5-17-10/h3-5,7-9H,6H2,1-2H3/t9-/m0/s1. The Kier molecular flexibility index (Phi) is 3.22. The van der Waals surface area contributed by atoms with Gasteiger partial charge in [0.1, 0.15) is 24.5 Å². The van der Waals surface area contributed by atoms with Gasteiger partial charge in [-0.2, -0.15) is 5.10 Å². The molecule has 0 aliphatic heterocycles. The Morgan fingerprint density at radius 2 is 2.47 bits per heavy atom. The van der Waals surface area contributed by atoms with E-state index in [0.717, 1.165) is 5.76 Å². The molecule has 90 valence electrons. The smallest absolute Gasteiger partial charge is 0.247 e. The minimum absolute atomic E-state index is 0.0353. The van der Waals surface area contributed by atoms with Gasteiger partial charge in [-0.05, 0) is 19.1 Å². The third kappa shape index (κ3) is 2.52. The molecule has 2 aromatic rings. The minimum Gasteiger partial charge on any atom is -0.467 e. The molecule has 0 N–H and O–H groups in total. The molecule has 0 aliphatic carbocycles. The van der Waals surface area contributed by atoms with Crippen LogP contribution < -0.4 is 0 Å². The van der Waals surface area contributed by atoms with E-state index in [1.807, 2.05) is 6.07 Å². The summed E-state index contributed by atoms with van der Waals surface area (Å²) >= 11 is 0. The van der Waals surface area contributed by atoms with Crippen LogP contribution in [0, 0.1) is 0 Å². The fourth-order valence-electron chi connectivity index (χ4n) is 1.56. The highest BCUT2D eigenvalue weighted by atomic mass is 16.3. The third-order valence-electron chi connectivity index (χ3n) is 2.54. The van der Waals surface area contributed by atoms with Crippen molar-refractivity contribution in [3.63, 3.8) is 0 Å². The van der Waals surface area contributed by atoms with Crippen LogP contribution in [0.1, 0.15) is 18.7 Å². The van der Waals surface area contributed by atoms with Crippen molar-refractivity contribution in [2.75, 3.05) is 7.05 Å². The van der Waals surface area contributed by atoms with Crippen LogP contribution in [-0.4, -0.2) is 32.6 Å². The molecule has 0 bridgehead atoms. The Morgan fingerprint density at radius 3 is 3.06 bits per heavy atom. The lowest BCUT2D eigenvalue weighted by molar-refractivity contribution is -0.134. The Balaban J connectivity index is 2.00. The number of nitrogens with zero attached hydrogens (tertiary/aromatic N) is 4. The second kappa shape index (κ2) is 4.82. The predicted molar refractivity (Wildman–Crippen MR) is 59.9 cm³/mol. The molecule has 17 heavy (non-hydrogen) atoms. The van der Waals surface area contributed by atoms with Gasteiger partial charge in [0.15, 0.2) is 0 Å². The molecule has 0 spiro atoms. The molecule has 6 nitrogen and oxygen atoms in total. The Labute approximate surface area is 98.9 Å². The highest BCUT2D eigenvalue weighted by molar-refractivity contribution is 5.79. The predicted octanol–water partition coefficient (Wildman–Crippen LogP) is 1.09. The summed E-state index contributed by atoms with van der Waals surface area (Å²) < 4.78 is 6.72. The van der Waals surface area contributed by atoms with Crippen LogP contribution in [0.2, 0.25) is 0 Å². The van der Waals surface area contributed by atoms with Crippen LogP contribution >= 0.6 is 0 Å². The molecule has 0 radical (unpaired) electrons. The van der Waals surface area contributed by atoms with Crippen LogP contribution in [0.3, 0.4) is 0 Å². The van der Waals surface area contributed by atoms with Crippen LogP contribution in [0.5, 0.6) is 0 Å². The van der Waals surface area contributed by atoms with Crippen molar-refractivity contribution in [1.29, 1.82) is 0 Å². The number of carbonyl (C=O) groups excluding carboxylic acids is 1. The fourth-order valence-corrected chi connectivity index (χ4v) is 1.56. The molecule has 2 rings (SSSR count).